The van der Waals surface area contributed by atoms with Crippen LogP contribution in [0.5, 0.6) is 0 Å². The van der Waals surface area contributed by atoms with E-state index in [0.717, 1.165) is 24.0 Å². The first-order valence-corrected chi connectivity index (χ1v) is 12.8. The minimum atomic E-state index is -0.556. The molecule has 0 bridgehead atoms. The summed E-state index contributed by atoms with van der Waals surface area (Å²) in [6.07, 6.45) is 18.9. The molecule has 4 aliphatic rings. The van der Waals surface area contributed by atoms with Gasteiger partial charge in [-0.05, 0) is 106 Å². The van der Waals surface area contributed by atoms with Gasteiger partial charge in [-0.15, -0.1) is 0 Å². The monoisotopic (exact) mass is 440 g/mol. The molecule has 0 amide bonds. The summed E-state index contributed by atoms with van der Waals surface area (Å²) in [7, 11) is 1.71. The summed E-state index contributed by atoms with van der Waals surface area (Å²) in [5, 5.41) is 20.4. The van der Waals surface area contributed by atoms with Gasteiger partial charge in [0.25, 0.3) is 0 Å². The minimum absolute atomic E-state index is 0.0709. The average molecular weight is 441 g/mol. The Bertz CT molecular complexity index is 820. The molecule has 178 valence electrons. The van der Waals surface area contributed by atoms with Gasteiger partial charge in [0.15, 0.2) is 0 Å². The first-order chi connectivity index (χ1) is 15.1. The van der Waals surface area contributed by atoms with E-state index in [2.05, 4.69) is 31.7 Å². The van der Waals surface area contributed by atoms with Crippen LogP contribution in [-0.2, 0) is 4.74 Å². The highest BCUT2D eigenvalue weighted by Crippen LogP contribution is 2.67. The quantitative estimate of drug-likeness (QED) is 0.449. The second-order valence-electron chi connectivity index (χ2n) is 11.9. The van der Waals surface area contributed by atoms with Crippen molar-refractivity contribution in [3.05, 3.63) is 47.1 Å². The normalized spacial score (nSPS) is 37.0. The van der Waals surface area contributed by atoms with Gasteiger partial charge < -0.3 is 14.9 Å². The van der Waals surface area contributed by atoms with Gasteiger partial charge in [-0.1, -0.05) is 42.9 Å². The molecule has 0 spiro atoms. The number of methoxy groups -OCH3 is 1. The van der Waals surface area contributed by atoms with Crippen LogP contribution in [0.4, 0.5) is 0 Å². The summed E-state index contributed by atoms with van der Waals surface area (Å²) in [6, 6.07) is 0. The van der Waals surface area contributed by atoms with Crippen molar-refractivity contribution in [2.24, 2.45) is 16.7 Å². The third kappa shape index (κ3) is 4.72. The lowest BCUT2D eigenvalue weighted by molar-refractivity contribution is 0.0550. The van der Waals surface area contributed by atoms with Gasteiger partial charge in [0.1, 0.15) is 0 Å². The Labute approximate surface area is 195 Å². The Hall–Kier alpha value is -1.16. The van der Waals surface area contributed by atoms with E-state index in [0.29, 0.717) is 24.2 Å². The maximum atomic E-state index is 10.3. The molecule has 0 aromatic carbocycles. The van der Waals surface area contributed by atoms with Crippen molar-refractivity contribution in [2.75, 3.05) is 7.11 Å². The molecule has 4 atom stereocenters. The SMILES string of the molecule is C=C1/C(=C\C=C2/CCC[C@]3(C)C(C4(CCCC(C)(C)O)CC4)=CC[C@@H]23)C[C@@H](O)CC1OC. The van der Waals surface area contributed by atoms with Crippen LogP contribution < -0.4 is 0 Å². The lowest BCUT2D eigenvalue weighted by Crippen LogP contribution is -2.33. The van der Waals surface area contributed by atoms with Crippen LogP contribution in [0.2, 0.25) is 0 Å². The number of hydrogen-bond donors (Lipinski definition) is 2. The molecule has 4 aliphatic carbocycles. The Kier molecular flexibility index (Phi) is 6.66. The molecule has 2 N–H and O–H groups in total. The highest BCUT2D eigenvalue weighted by Gasteiger charge is 2.56. The Morgan fingerprint density at radius 1 is 1.25 bits per heavy atom. The molecule has 0 saturated heterocycles. The number of fused-ring (bicyclic) bond motifs is 1. The van der Waals surface area contributed by atoms with Crippen molar-refractivity contribution in [2.45, 2.75) is 109 Å². The van der Waals surface area contributed by atoms with E-state index >= 15 is 0 Å². The van der Waals surface area contributed by atoms with Gasteiger partial charge in [-0.3, -0.25) is 0 Å². The summed E-state index contributed by atoms with van der Waals surface area (Å²) in [5.41, 5.74) is 5.62. The van der Waals surface area contributed by atoms with E-state index in [-0.39, 0.29) is 17.6 Å². The van der Waals surface area contributed by atoms with Crippen molar-refractivity contribution in [1.29, 1.82) is 0 Å². The van der Waals surface area contributed by atoms with E-state index < -0.39 is 5.60 Å². The van der Waals surface area contributed by atoms with Crippen LogP contribution in [0, 0.1) is 16.7 Å². The van der Waals surface area contributed by atoms with E-state index in [9.17, 15) is 10.2 Å². The maximum absolute atomic E-state index is 10.3. The molecule has 0 heterocycles. The van der Waals surface area contributed by atoms with Gasteiger partial charge in [0, 0.05) is 13.5 Å². The summed E-state index contributed by atoms with van der Waals surface area (Å²) in [4.78, 5) is 0. The molecular weight excluding hydrogens is 396 g/mol. The molecule has 0 radical (unpaired) electrons. The predicted molar refractivity (Wildman–Crippen MR) is 131 cm³/mol. The van der Waals surface area contributed by atoms with Crippen LogP contribution in [-0.4, -0.2) is 35.1 Å². The van der Waals surface area contributed by atoms with Crippen LogP contribution in [0.25, 0.3) is 0 Å². The second kappa shape index (κ2) is 8.89. The molecule has 1 unspecified atom stereocenters. The second-order valence-corrected chi connectivity index (χ2v) is 11.9. The largest absolute Gasteiger partial charge is 0.393 e. The van der Waals surface area contributed by atoms with Gasteiger partial charge >= 0.3 is 0 Å². The van der Waals surface area contributed by atoms with Crippen LogP contribution in [0.1, 0.15) is 91.4 Å². The summed E-state index contributed by atoms with van der Waals surface area (Å²) in [6.45, 7) is 10.6. The highest BCUT2D eigenvalue weighted by molar-refractivity contribution is 5.42. The number of aliphatic hydroxyl groups is 2. The summed E-state index contributed by atoms with van der Waals surface area (Å²) < 4.78 is 5.55. The molecule has 3 heteroatoms. The Morgan fingerprint density at radius 2 is 2.00 bits per heavy atom. The summed E-state index contributed by atoms with van der Waals surface area (Å²) >= 11 is 0. The van der Waals surface area contributed by atoms with Crippen molar-refractivity contribution < 1.29 is 14.9 Å². The molecular formula is C29H44O3. The Balaban J connectivity index is 1.49. The van der Waals surface area contributed by atoms with E-state index in [4.69, 9.17) is 4.74 Å². The molecule has 4 rings (SSSR count). The van der Waals surface area contributed by atoms with E-state index in [1.54, 1.807) is 18.3 Å². The maximum Gasteiger partial charge on any atom is 0.0842 e. The third-order valence-corrected chi connectivity index (χ3v) is 8.95. The fraction of sp³-hybridized carbons (Fsp3) is 0.724. The first kappa shape index (κ1) is 24.0. The van der Waals surface area contributed by atoms with Gasteiger partial charge in [-0.25, -0.2) is 0 Å². The number of ether oxygens (including phenoxy) is 1. The molecule has 0 aromatic heterocycles. The fourth-order valence-corrected chi connectivity index (χ4v) is 6.99. The number of allylic oxidation sites excluding steroid dienone is 5. The van der Waals surface area contributed by atoms with Gasteiger partial charge in [0.05, 0.1) is 17.8 Å². The number of rotatable bonds is 7. The fourth-order valence-electron chi connectivity index (χ4n) is 6.99. The lowest BCUT2D eigenvalue weighted by Gasteiger charge is -2.43. The standard InChI is InChI=1S/C29H44O3/c1-20-22(18-23(30)19-25(20)32-5)10-9-21-8-6-14-28(4)24(21)11-12-26(28)29(16-17-29)15-7-13-27(2,3)31/h9-10,12,23-25,30-31H,1,6-8,11,13-19H2,2-5H3/b21-9+,22-10-/t23-,24+,25?,28+/m1/s1. The Morgan fingerprint density at radius 3 is 2.66 bits per heavy atom. The van der Waals surface area contributed by atoms with Crippen molar-refractivity contribution in [3.63, 3.8) is 0 Å². The molecule has 32 heavy (non-hydrogen) atoms. The predicted octanol–water partition coefficient (Wildman–Crippen LogP) is 6.42. The number of hydrogen-bond acceptors (Lipinski definition) is 3. The van der Waals surface area contributed by atoms with Crippen molar-refractivity contribution in [3.8, 4) is 0 Å². The van der Waals surface area contributed by atoms with Gasteiger partial charge in [0.2, 0.25) is 0 Å². The van der Waals surface area contributed by atoms with Crippen molar-refractivity contribution >= 4 is 0 Å². The zero-order chi connectivity index (χ0) is 23.1. The molecule has 3 fully saturated rings. The zero-order valence-corrected chi connectivity index (χ0v) is 20.8. The molecule has 3 nitrogen and oxygen atoms in total. The highest BCUT2D eigenvalue weighted by atomic mass is 16.5. The lowest BCUT2D eigenvalue weighted by atomic mass is 9.61. The van der Waals surface area contributed by atoms with Crippen molar-refractivity contribution in [1.82, 2.24) is 0 Å². The topological polar surface area (TPSA) is 49.7 Å². The van der Waals surface area contributed by atoms with E-state index in [1.807, 2.05) is 13.8 Å². The smallest absolute Gasteiger partial charge is 0.0842 e. The molecule has 0 aliphatic heterocycles. The van der Waals surface area contributed by atoms with Gasteiger partial charge in [-0.2, -0.15) is 0 Å². The van der Waals surface area contributed by atoms with Crippen LogP contribution in [0.3, 0.4) is 0 Å². The number of aliphatic hydroxyl groups excluding tert-OH is 1. The minimum Gasteiger partial charge on any atom is -0.393 e. The summed E-state index contributed by atoms with van der Waals surface area (Å²) in [5.74, 6) is 0.606. The van der Waals surface area contributed by atoms with Crippen LogP contribution >= 0.6 is 0 Å². The molecule has 0 aromatic rings. The van der Waals surface area contributed by atoms with Crippen LogP contribution in [0.15, 0.2) is 47.1 Å². The zero-order valence-electron chi connectivity index (χ0n) is 20.8. The van der Waals surface area contributed by atoms with E-state index in [1.165, 1.54) is 44.9 Å². The molecule has 3 saturated carbocycles. The first-order valence-electron chi connectivity index (χ1n) is 12.8. The third-order valence-electron chi connectivity index (χ3n) is 8.95. The average Bonchev–Trinajstić information content (AvgIpc) is 3.40.